The number of fused-ring (bicyclic) bond motifs is 4. The molecule has 37 heavy (non-hydrogen) atoms. The summed E-state index contributed by atoms with van der Waals surface area (Å²) >= 11 is 0. The largest absolute Gasteiger partial charge is 0.456 e. The molecule has 0 saturated heterocycles. The van der Waals surface area contributed by atoms with Crippen LogP contribution in [0.4, 0.5) is 22.0 Å². The summed E-state index contributed by atoms with van der Waals surface area (Å²) in [5, 5.41) is 20.1. The molecule has 0 radical (unpaired) electrons. The van der Waals surface area contributed by atoms with Crippen LogP contribution in [0.25, 0.3) is 6.08 Å². The lowest BCUT2D eigenvalue weighted by Gasteiger charge is -2.56. The predicted molar refractivity (Wildman–Crippen MR) is 127 cm³/mol. The smallest absolute Gasteiger partial charge is 0.383 e. The van der Waals surface area contributed by atoms with E-state index in [-0.39, 0.29) is 24.5 Å². The molecule has 0 spiro atoms. The average Bonchev–Trinajstić information content (AvgIpc) is 3.13. The molecular formula is C29H28F5NO2. The van der Waals surface area contributed by atoms with Gasteiger partial charge in [0.1, 0.15) is 5.60 Å². The van der Waals surface area contributed by atoms with Gasteiger partial charge < -0.3 is 5.11 Å². The molecular weight excluding hydrogens is 489 g/mol. The number of carbonyl (C=O) groups excluding carboxylic acids is 1. The molecule has 196 valence electrons. The number of hydrogen-bond donors (Lipinski definition) is 1. The summed E-state index contributed by atoms with van der Waals surface area (Å²) in [6.07, 6.45) is 0.155. The van der Waals surface area contributed by atoms with Gasteiger partial charge in [-0.3, -0.25) is 4.79 Å². The lowest BCUT2D eigenvalue weighted by atomic mass is 9.50. The molecule has 0 bridgehead atoms. The highest BCUT2D eigenvalue weighted by molar-refractivity contribution is 5.93. The van der Waals surface area contributed by atoms with Crippen LogP contribution >= 0.6 is 0 Å². The van der Waals surface area contributed by atoms with Gasteiger partial charge in [-0.1, -0.05) is 36.8 Å². The third kappa shape index (κ3) is 3.72. The number of halogens is 5. The third-order valence-electron chi connectivity index (χ3n) is 9.45. The van der Waals surface area contributed by atoms with E-state index >= 15 is 8.78 Å². The maximum atomic E-state index is 15.0. The number of nitrogens with zero attached hydrogens (tertiary/aromatic N) is 1. The fraction of sp³-hybridized carbons (Fsp3) is 0.517. The first-order valence-corrected chi connectivity index (χ1v) is 12.6. The number of benzene rings is 1. The van der Waals surface area contributed by atoms with Crippen molar-refractivity contribution in [1.82, 2.24) is 0 Å². The fourth-order valence-electron chi connectivity index (χ4n) is 7.69. The number of carbonyl (C=O) groups is 1. The van der Waals surface area contributed by atoms with Crippen LogP contribution in [-0.2, 0) is 4.79 Å². The van der Waals surface area contributed by atoms with E-state index in [4.69, 9.17) is 5.26 Å². The number of aliphatic hydroxyl groups is 1. The van der Waals surface area contributed by atoms with E-state index in [1.165, 1.54) is 13.0 Å². The summed E-state index contributed by atoms with van der Waals surface area (Å²) in [5.41, 5.74) is -0.348. The van der Waals surface area contributed by atoms with Crippen LogP contribution in [0, 0.1) is 28.6 Å². The maximum Gasteiger partial charge on any atom is 0.456 e. The summed E-state index contributed by atoms with van der Waals surface area (Å²) in [7, 11) is 0. The van der Waals surface area contributed by atoms with E-state index in [2.05, 4.69) is 0 Å². The average molecular weight is 518 g/mol. The summed E-state index contributed by atoms with van der Waals surface area (Å²) in [6, 6.07) is 9.12. The van der Waals surface area contributed by atoms with Crippen molar-refractivity contribution in [3.8, 4) is 6.07 Å². The number of nitriles is 1. The third-order valence-corrected chi connectivity index (χ3v) is 9.45. The van der Waals surface area contributed by atoms with E-state index in [0.717, 1.165) is 27.8 Å². The quantitative estimate of drug-likeness (QED) is 0.345. The van der Waals surface area contributed by atoms with Gasteiger partial charge in [0.15, 0.2) is 5.78 Å². The molecule has 0 unspecified atom stereocenters. The van der Waals surface area contributed by atoms with Crippen molar-refractivity contribution >= 4 is 11.9 Å². The monoisotopic (exact) mass is 517 g/mol. The molecule has 2 fully saturated rings. The SMILES string of the molecule is C[C@]12C[C@H](c3ccc(C=CC#N)cc3)C3=C4CCC(=O)C=C4CC[C@H]3[C@@H]1CC[C@@]2(O)C(F)(F)C(F)(F)F. The molecule has 1 aromatic carbocycles. The Morgan fingerprint density at radius 2 is 1.78 bits per heavy atom. The van der Waals surface area contributed by atoms with Crippen molar-refractivity contribution in [1.29, 1.82) is 5.26 Å². The molecule has 0 aromatic heterocycles. The molecule has 4 aliphatic rings. The normalized spacial score (nSPS) is 34.1. The van der Waals surface area contributed by atoms with Crippen molar-refractivity contribution in [2.24, 2.45) is 17.3 Å². The second-order valence-electron chi connectivity index (χ2n) is 11.1. The summed E-state index contributed by atoms with van der Waals surface area (Å²) in [4.78, 5) is 12.1. The highest BCUT2D eigenvalue weighted by Crippen LogP contribution is 2.70. The van der Waals surface area contributed by atoms with Crippen LogP contribution in [-0.4, -0.2) is 28.6 Å². The topological polar surface area (TPSA) is 61.1 Å². The Morgan fingerprint density at radius 3 is 2.43 bits per heavy atom. The molecule has 4 aliphatic carbocycles. The Labute approximate surface area is 212 Å². The van der Waals surface area contributed by atoms with Crippen molar-refractivity contribution in [3.63, 3.8) is 0 Å². The van der Waals surface area contributed by atoms with Crippen LogP contribution in [0.2, 0.25) is 0 Å². The van der Waals surface area contributed by atoms with Crippen molar-refractivity contribution in [2.45, 2.75) is 75.5 Å². The van der Waals surface area contributed by atoms with E-state index in [1.54, 1.807) is 24.3 Å². The number of ketones is 1. The molecule has 1 aromatic rings. The van der Waals surface area contributed by atoms with E-state index < -0.39 is 41.4 Å². The molecule has 0 amide bonds. The minimum Gasteiger partial charge on any atom is -0.383 e. The summed E-state index contributed by atoms with van der Waals surface area (Å²) in [5.74, 6) is -6.45. The Hall–Kier alpha value is -2.79. The Balaban J connectivity index is 1.67. The van der Waals surface area contributed by atoms with Crippen molar-refractivity contribution in [3.05, 3.63) is 64.3 Å². The van der Waals surface area contributed by atoms with Gasteiger partial charge in [0.05, 0.1) is 6.07 Å². The van der Waals surface area contributed by atoms with Crippen LogP contribution < -0.4 is 0 Å². The number of hydrogen-bond acceptors (Lipinski definition) is 3. The molecule has 1 N–H and O–H groups in total. The highest BCUT2D eigenvalue weighted by Gasteiger charge is 2.79. The number of allylic oxidation sites excluding steroid dienone is 5. The van der Waals surface area contributed by atoms with Gasteiger partial charge in [0, 0.05) is 23.8 Å². The molecule has 0 aliphatic heterocycles. The van der Waals surface area contributed by atoms with Gasteiger partial charge in [-0.2, -0.15) is 27.2 Å². The Kier molecular flexibility index (Phi) is 6.02. The zero-order valence-electron chi connectivity index (χ0n) is 20.4. The van der Waals surface area contributed by atoms with Crippen LogP contribution in [0.5, 0.6) is 0 Å². The van der Waals surface area contributed by atoms with E-state index in [1.807, 2.05) is 18.2 Å². The zero-order chi connectivity index (χ0) is 26.8. The molecule has 0 heterocycles. The molecule has 3 nitrogen and oxygen atoms in total. The van der Waals surface area contributed by atoms with Crippen LogP contribution in [0.15, 0.2) is 53.1 Å². The lowest BCUT2D eigenvalue weighted by molar-refractivity contribution is -0.362. The standard InChI is InChI=1S/C29H28F5NO2/c1-26-16-23(18-6-4-17(5-7-18)3-2-14-35)25-21-11-9-20(36)15-19(21)8-10-22(25)24(26)12-13-27(26,37)28(30,31)29(32,33)34/h2-7,15,22-24,37H,8-13,16H2,1H3/t22-,23+,24-,26-,27-/m0/s1. The fourth-order valence-corrected chi connectivity index (χ4v) is 7.69. The Morgan fingerprint density at radius 1 is 1.08 bits per heavy atom. The minimum atomic E-state index is -5.87. The van der Waals surface area contributed by atoms with Gasteiger partial charge >= 0.3 is 12.1 Å². The van der Waals surface area contributed by atoms with Crippen LogP contribution in [0.1, 0.15) is 68.9 Å². The van der Waals surface area contributed by atoms with Gasteiger partial charge in [-0.05, 0) is 84.8 Å². The van der Waals surface area contributed by atoms with E-state index in [9.17, 15) is 23.1 Å². The number of rotatable bonds is 3. The lowest BCUT2D eigenvalue weighted by Crippen LogP contribution is -2.65. The molecule has 5 rings (SSSR count). The Bertz CT molecular complexity index is 1250. The second kappa shape index (κ2) is 8.62. The van der Waals surface area contributed by atoms with Gasteiger partial charge in [-0.15, -0.1) is 0 Å². The molecule has 8 heteroatoms. The highest BCUT2D eigenvalue weighted by atomic mass is 19.4. The van der Waals surface area contributed by atoms with Gasteiger partial charge in [0.25, 0.3) is 0 Å². The maximum absolute atomic E-state index is 15.0. The number of alkyl halides is 5. The van der Waals surface area contributed by atoms with Crippen molar-refractivity contribution < 1.29 is 31.9 Å². The minimum absolute atomic E-state index is 0.0451. The first kappa shape index (κ1) is 25.8. The summed E-state index contributed by atoms with van der Waals surface area (Å²) in [6.45, 7) is 1.42. The first-order valence-electron chi connectivity index (χ1n) is 12.6. The van der Waals surface area contributed by atoms with Crippen molar-refractivity contribution in [2.75, 3.05) is 0 Å². The predicted octanol–water partition coefficient (Wildman–Crippen LogP) is 7.05. The van der Waals surface area contributed by atoms with Crippen LogP contribution in [0.3, 0.4) is 0 Å². The van der Waals surface area contributed by atoms with Gasteiger partial charge in [0.2, 0.25) is 0 Å². The first-order chi connectivity index (χ1) is 17.3. The zero-order valence-corrected chi connectivity index (χ0v) is 20.4. The van der Waals surface area contributed by atoms with E-state index in [0.29, 0.717) is 25.7 Å². The summed E-state index contributed by atoms with van der Waals surface area (Å²) < 4.78 is 70.9. The molecule has 2 saturated carbocycles. The second-order valence-corrected chi connectivity index (χ2v) is 11.1. The van der Waals surface area contributed by atoms with Gasteiger partial charge in [-0.25, -0.2) is 0 Å². The molecule has 5 atom stereocenters.